The molecule has 3 rings (SSSR count). The van der Waals surface area contributed by atoms with E-state index in [2.05, 4.69) is 5.10 Å². The Morgan fingerprint density at radius 1 is 1.10 bits per heavy atom. The lowest BCUT2D eigenvalue weighted by Crippen LogP contribution is -2.24. The zero-order valence-corrected chi connectivity index (χ0v) is 15.5. The normalized spacial score (nSPS) is 10.6. The topological polar surface area (TPSA) is 101 Å². The van der Waals surface area contributed by atoms with Crippen molar-refractivity contribution in [2.75, 3.05) is 13.2 Å². The summed E-state index contributed by atoms with van der Waals surface area (Å²) in [5, 5.41) is 3.88. The highest BCUT2D eigenvalue weighted by molar-refractivity contribution is 5.98. The van der Waals surface area contributed by atoms with Crippen molar-refractivity contribution in [3.05, 3.63) is 70.5 Å². The molecule has 0 amide bonds. The highest BCUT2D eigenvalue weighted by Crippen LogP contribution is 2.15. The maximum Gasteiger partial charge on any atom is 0.437 e. The number of nitrogens with zero attached hydrogens (tertiary/aromatic N) is 2. The lowest BCUT2D eigenvalue weighted by Gasteiger charge is -2.05. The summed E-state index contributed by atoms with van der Waals surface area (Å²) in [6.07, 6.45) is 0. The Morgan fingerprint density at radius 2 is 1.79 bits per heavy atom. The molecule has 0 saturated carbocycles. The molecule has 0 spiro atoms. The van der Waals surface area contributed by atoms with E-state index in [-0.39, 0.29) is 5.89 Å². The minimum absolute atomic E-state index is 0.0618. The van der Waals surface area contributed by atoms with Crippen molar-refractivity contribution in [1.82, 2.24) is 9.78 Å². The number of aromatic nitrogens is 2. The van der Waals surface area contributed by atoms with Crippen molar-refractivity contribution >= 4 is 11.8 Å². The SMILES string of the molecule is CCOc1ccc(C(=O)COC(=O)Cn2nc(-c3ccc(F)cc3)oc2=O)cc1. The standard InChI is InChI=1S/C20H17FN2O6/c1-2-27-16-9-5-13(6-10-16)17(24)12-28-18(25)11-23-20(26)29-19(22-23)14-3-7-15(21)8-4-14/h3-10H,2,11-12H2,1H3. The largest absolute Gasteiger partial charge is 0.494 e. The van der Waals surface area contributed by atoms with Gasteiger partial charge in [-0.15, -0.1) is 5.10 Å². The highest BCUT2D eigenvalue weighted by Gasteiger charge is 2.16. The van der Waals surface area contributed by atoms with Gasteiger partial charge in [0.15, 0.2) is 12.4 Å². The molecule has 0 N–H and O–H groups in total. The second kappa shape index (κ2) is 8.96. The zero-order chi connectivity index (χ0) is 20.8. The van der Waals surface area contributed by atoms with E-state index in [1.165, 1.54) is 24.3 Å². The summed E-state index contributed by atoms with van der Waals surface area (Å²) in [6.45, 7) is 1.35. The smallest absolute Gasteiger partial charge is 0.437 e. The van der Waals surface area contributed by atoms with Crippen LogP contribution in [0.5, 0.6) is 5.75 Å². The Labute approximate surface area is 164 Å². The monoisotopic (exact) mass is 400 g/mol. The molecular formula is C20H17FN2O6. The van der Waals surface area contributed by atoms with Crippen molar-refractivity contribution < 1.29 is 27.9 Å². The number of carbonyl (C=O) groups is 2. The molecule has 0 aliphatic heterocycles. The van der Waals surface area contributed by atoms with Crippen LogP contribution in [0.3, 0.4) is 0 Å². The summed E-state index contributed by atoms with van der Waals surface area (Å²) in [7, 11) is 0. The van der Waals surface area contributed by atoms with Crippen LogP contribution in [-0.4, -0.2) is 34.7 Å². The van der Waals surface area contributed by atoms with Crippen LogP contribution in [0, 0.1) is 5.82 Å². The van der Waals surface area contributed by atoms with Gasteiger partial charge >= 0.3 is 11.7 Å². The molecule has 8 nitrogen and oxygen atoms in total. The summed E-state index contributed by atoms with van der Waals surface area (Å²) < 4.78 is 28.9. The molecule has 150 valence electrons. The molecule has 0 unspecified atom stereocenters. The lowest BCUT2D eigenvalue weighted by molar-refractivity contribution is -0.143. The Bertz CT molecular complexity index is 1050. The predicted molar refractivity (Wildman–Crippen MR) is 99.1 cm³/mol. The van der Waals surface area contributed by atoms with Crippen LogP contribution < -0.4 is 10.5 Å². The fourth-order valence-electron chi connectivity index (χ4n) is 2.42. The van der Waals surface area contributed by atoms with E-state index in [1.54, 1.807) is 24.3 Å². The third kappa shape index (κ3) is 5.16. The Hall–Kier alpha value is -3.75. The van der Waals surface area contributed by atoms with Crippen LogP contribution in [0.25, 0.3) is 11.5 Å². The van der Waals surface area contributed by atoms with Crippen molar-refractivity contribution in [3.63, 3.8) is 0 Å². The van der Waals surface area contributed by atoms with Crippen LogP contribution >= 0.6 is 0 Å². The van der Waals surface area contributed by atoms with Crippen molar-refractivity contribution in [1.29, 1.82) is 0 Å². The number of benzene rings is 2. The first-order valence-electron chi connectivity index (χ1n) is 8.72. The second-order valence-electron chi connectivity index (χ2n) is 5.88. The number of hydrogen-bond acceptors (Lipinski definition) is 7. The minimum Gasteiger partial charge on any atom is -0.494 e. The Kier molecular flexibility index (Phi) is 6.18. The van der Waals surface area contributed by atoms with Gasteiger partial charge in [-0.05, 0) is 55.5 Å². The number of halogens is 1. The van der Waals surface area contributed by atoms with Crippen molar-refractivity contribution in [2.24, 2.45) is 0 Å². The molecule has 3 aromatic rings. The van der Waals surface area contributed by atoms with E-state index in [9.17, 15) is 18.8 Å². The van der Waals surface area contributed by atoms with Gasteiger partial charge in [0, 0.05) is 11.1 Å². The van der Waals surface area contributed by atoms with E-state index in [0.717, 1.165) is 4.68 Å². The quantitative estimate of drug-likeness (QED) is 0.423. The van der Waals surface area contributed by atoms with Crippen molar-refractivity contribution in [2.45, 2.75) is 13.5 Å². The summed E-state index contributed by atoms with van der Waals surface area (Å²) in [5.74, 6) is -1.99. The van der Waals surface area contributed by atoms with Gasteiger partial charge in [-0.2, -0.15) is 4.68 Å². The molecule has 2 aromatic carbocycles. The van der Waals surface area contributed by atoms with E-state index in [1.807, 2.05) is 6.92 Å². The molecule has 0 aliphatic rings. The van der Waals surface area contributed by atoms with E-state index in [0.29, 0.717) is 23.5 Å². The number of carbonyl (C=O) groups excluding carboxylic acids is 2. The van der Waals surface area contributed by atoms with Gasteiger partial charge in [0.2, 0.25) is 5.89 Å². The molecule has 1 aromatic heterocycles. The molecule has 0 aliphatic carbocycles. The average molecular weight is 400 g/mol. The fraction of sp³-hybridized carbons (Fsp3) is 0.200. The average Bonchev–Trinajstić information content (AvgIpc) is 3.07. The summed E-state index contributed by atoms with van der Waals surface area (Å²) in [4.78, 5) is 35.9. The molecule has 9 heteroatoms. The van der Waals surface area contributed by atoms with Crippen LogP contribution in [-0.2, 0) is 16.1 Å². The lowest BCUT2D eigenvalue weighted by atomic mass is 10.1. The molecular weight excluding hydrogens is 383 g/mol. The van der Waals surface area contributed by atoms with Crippen LogP contribution in [0.1, 0.15) is 17.3 Å². The second-order valence-corrected chi connectivity index (χ2v) is 5.88. The molecule has 0 fully saturated rings. The maximum atomic E-state index is 13.0. The molecule has 0 bridgehead atoms. The Balaban J connectivity index is 1.57. The fourth-order valence-corrected chi connectivity index (χ4v) is 2.42. The van der Waals surface area contributed by atoms with E-state index in [4.69, 9.17) is 13.9 Å². The summed E-state index contributed by atoms with van der Waals surface area (Å²) in [6, 6.07) is 11.6. The maximum absolute atomic E-state index is 13.0. The van der Waals surface area contributed by atoms with Crippen LogP contribution in [0.2, 0.25) is 0 Å². The van der Waals surface area contributed by atoms with Gasteiger partial charge in [-0.25, -0.2) is 9.18 Å². The van der Waals surface area contributed by atoms with Crippen LogP contribution in [0.15, 0.2) is 57.7 Å². The van der Waals surface area contributed by atoms with Gasteiger partial charge in [0.25, 0.3) is 0 Å². The first kappa shape index (κ1) is 20.0. The number of ether oxygens (including phenoxy) is 2. The Morgan fingerprint density at radius 3 is 2.45 bits per heavy atom. The molecule has 1 heterocycles. The summed E-state index contributed by atoms with van der Waals surface area (Å²) >= 11 is 0. The van der Waals surface area contributed by atoms with E-state index >= 15 is 0 Å². The third-order valence-corrected chi connectivity index (χ3v) is 3.83. The number of Topliss-reactive ketones (excluding diaryl/α,β-unsaturated/α-hetero) is 1. The van der Waals surface area contributed by atoms with E-state index < -0.39 is 36.5 Å². The predicted octanol–water partition coefficient (Wildman–Crippen LogP) is 2.47. The molecule has 0 atom stereocenters. The van der Waals surface area contributed by atoms with Gasteiger partial charge in [-0.3, -0.25) is 9.59 Å². The van der Waals surface area contributed by atoms with Crippen LogP contribution in [0.4, 0.5) is 4.39 Å². The first-order chi connectivity index (χ1) is 14.0. The molecule has 0 radical (unpaired) electrons. The number of hydrogen-bond donors (Lipinski definition) is 0. The zero-order valence-electron chi connectivity index (χ0n) is 15.5. The van der Waals surface area contributed by atoms with Gasteiger partial charge in [0.05, 0.1) is 6.61 Å². The van der Waals surface area contributed by atoms with Crippen molar-refractivity contribution in [3.8, 4) is 17.2 Å². The summed E-state index contributed by atoms with van der Waals surface area (Å²) in [5.41, 5.74) is 0.736. The molecule has 0 saturated heterocycles. The number of ketones is 1. The molecule has 29 heavy (non-hydrogen) atoms. The number of esters is 1. The first-order valence-corrected chi connectivity index (χ1v) is 8.72. The highest BCUT2D eigenvalue weighted by atomic mass is 19.1. The minimum atomic E-state index is -0.876. The third-order valence-electron chi connectivity index (χ3n) is 3.83. The number of rotatable bonds is 8. The van der Waals surface area contributed by atoms with Gasteiger partial charge in [0.1, 0.15) is 18.1 Å². The van der Waals surface area contributed by atoms with Gasteiger partial charge in [-0.1, -0.05) is 0 Å². The van der Waals surface area contributed by atoms with Gasteiger partial charge < -0.3 is 13.9 Å².